The molecule has 3 aromatic rings. The highest BCUT2D eigenvalue weighted by Gasteiger charge is 2.33. The third kappa shape index (κ3) is 4.75. The molecule has 0 saturated carbocycles. The first-order valence-electron chi connectivity index (χ1n) is 12.3. The van der Waals surface area contributed by atoms with Crippen molar-refractivity contribution in [2.75, 3.05) is 24.3 Å². The van der Waals surface area contributed by atoms with Crippen LogP contribution in [-0.2, 0) is 27.5 Å². The second kappa shape index (κ2) is 9.61. The van der Waals surface area contributed by atoms with E-state index in [0.29, 0.717) is 22.9 Å². The van der Waals surface area contributed by atoms with Gasteiger partial charge in [-0.2, -0.15) is 0 Å². The smallest absolute Gasteiger partial charge is 0.267 e. The number of nitrogens with zero attached hydrogens (tertiary/aromatic N) is 3. The van der Waals surface area contributed by atoms with Gasteiger partial charge in [-0.3, -0.25) is 14.2 Å². The van der Waals surface area contributed by atoms with Gasteiger partial charge in [0, 0.05) is 18.0 Å². The van der Waals surface area contributed by atoms with E-state index >= 15 is 0 Å². The zero-order valence-electron chi connectivity index (χ0n) is 21.0. The molecule has 1 saturated heterocycles. The number of thioether (sulfide) groups is 1. The molecule has 1 aliphatic carbocycles. The maximum absolute atomic E-state index is 14.0. The molecular formula is C26H31N3O4S3. The summed E-state index contributed by atoms with van der Waals surface area (Å²) in [5.74, 6) is 0.639. The van der Waals surface area contributed by atoms with Crippen LogP contribution in [0.1, 0.15) is 41.3 Å². The summed E-state index contributed by atoms with van der Waals surface area (Å²) in [6.45, 7) is 6.22. The van der Waals surface area contributed by atoms with E-state index in [9.17, 15) is 18.0 Å². The van der Waals surface area contributed by atoms with Crippen LogP contribution in [0, 0.1) is 19.8 Å². The minimum atomic E-state index is -3.09. The molecule has 0 radical (unpaired) electrons. The highest BCUT2D eigenvalue weighted by atomic mass is 32.2. The Morgan fingerprint density at radius 3 is 2.78 bits per heavy atom. The van der Waals surface area contributed by atoms with Gasteiger partial charge in [-0.25, -0.2) is 13.4 Å². The largest absolute Gasteiger partial charge is 0.341 e. The van der Waals surface area contributed by atoms with Crippen LogP contribution in [0.3, 0.4) is 0 Å². The van der Waals surface area contributed by atoms with Crippen LogP contribution in [0.25, 0.3) is 15.9 Å². The average molecular weight is 546 g/mol. The molecule has 1 amide bonds. The number of fused-ring (bicyclic) bond motifs is 3. The van der Waals surface area contributed by atoms with E-state index < -0.39 is 9.84 Å². The molecule has 2 aromatic heterocycles. The van der Waals surface area contributed by atoms with Crippen LogP contribution >= 0.6 is 23.1 Å². The highest BCUT2D eigenvalue weighted by Crippen LogP contribution is 2.37. The van der Waals surface area contributed by atoms with Gasteiger partial charge in [0.1, 0.15) is 4.83 Å². The first-order valence-corrected chi connectivity index (χ1v) is 15.9. The Kier molecular flexibility index (Phi) is 6.80. The first-order chi connectivity index (χ1) is 17.0. The minimum Gasteiger partial charge on any atom is -0.341 e. The summed E-state index contributed by atoms with van der Waals surface area (Å²) in [7, 11) is -1.42. The third-order valence-electron chi connectivity index (χ3n) is 7.38. The molecule has 1 aliphatic heterocycles. The number of hydrogen-bond donors (Lipinski definition) is 0. The predicted octanol–water partition coefficient (Wildman–Crippen LogP) is 3.93. The average Bonchev–Trinajstić information content (AvgIpc) is 3.37. The number of carbonyl (C=O) groups is 1. The zero-order chi connectivity index (χ0) is 25.8. The van der Waals surface area contributed by atoms with E-state index in [0.717, 1.165) is 46.5 Å². The van der Waals surface area contributed by atoms with Gasteiger partial charge < -0.3 is 4.90 Å². The van der Waals surface area contributed by atoms with Crippen molar-refractivity contribution < 1.29 is 13.2 Å². The fourth-order valence-electron chi connectivity index (χ4n) is 5.15. The monoisotopic (exact) mass is 545 g/mol. The van der Waals surface area contributed by atoms with Gasteiger partial charge in [0.05, 0.1) is 28.3 Å². The number of benzene rings is 1. The number of aryl methyl sites for hydroxylation is 3. The van der Waals surface area contributed by atoms with Crippen LogP contribution < -0.4 is 5.56 Å². The maximum Gasteiger partial charge on any atom is 0.267 e. The van der Waals surface area contributed by atoms with Crippen LogP contribution in [0.15, 0.2) is 28.2 Å². The SMILES string of the molecule is Cc1ccc(C)c(-n2c(SCC(=O)N(C)[C@H]3CCS(=O)(=O)C3)nc3sc4c(c3c2=O)CC[C@H](C)C4)c1. The van der Waals surface area contributed by atoms with Gasteiger partial charge >= 0.3 is 0 Å². The second-order valence-electron chi connectivity index (χ2n) is 10.2. The molecule has 5 rings (SSSR count). The molecular weight excluding hydrogens is 515 g/mol. The van der Waals surface area contributed by atoms with Crippen molar-refractivity contribution in [1.29, 1.82) is 0 Å². The number of thiophene rings is 1. The van der Waals surface area contributed by atoms with Crippen molar-refractivity contribution in [1.82, 2.24) is 14.5 Å². The number of sulfone groups is 1. The fraction of sp³-hybridized carbons (Fsp3) is 0.500. The van der Waals surface area contributed by atoms with Crippen molar-refractivity contribution >= 4 is 49.1 Å². The van der Waals surface area contributed by atoms with Crippen LogP contribution in [0.4, 0.5) is 0 Å². The van der Waals surface area contributed by atoms with Crippen molar-refractivity contribution in [3.8, 4) is 5.69 Å². The Morgan fingerprint density at radius 2 is 2.06 bits per heavy atom. The Morgan fingerprint density at radius 1 is 1.28 bits per heavy atom. The first kappa shape index (κ1) is 25.5. The third-order valence-corrected chi connectivity index (χ3v) is 11.2. The molecule has 2 atom stereocenters. The summed E-state index contributed by atoms with van der Waals surface area (Å²) in [5, 5.41) is 1.21. The lowest BCUT2D eigenvalue weighted by Crippen LogP contribution is -2.39. The topological polar surface area (TPSA) is 89.3 Å². The van der Waals surface area contributed by atoms with E-state index in [1.54, 1.807) is 27.9 Å². The molecule has 10 heteroatoms. The normalized spacial score (nSPS) is 21.0. The van der Waals surface area contributed by atoms with E-state index in [2.05, 4.69) is 6.92 Å². The molecule has 0 bridgehead atoms. The Hall–Kier alpha value is -2.17. The van der Waals surface area contributed by atoms with Gasteiger partial charge in [-0.15, -0.1) is 11.3 Å². The summed E-state index contributed by atoms with van der Waals surface area (Å²) in [6, 6.07) is 5.71. The Balaban J connectivity index is 1.55. The standard InChI is InChI=1S/C26H31N3O4S3/c1-15-5-7-17(3)20(11-15)29-25(31)23-19-8-6-16(2)12-21(19)35-24(23)27-26(29)34-13-22(30)28(4)18-9-10-36(32,33)14-18/h5,7,11,16,18H,6,8-10,12-14H2,1-4H3/t16-,18-/m0/s1. The van der Waals surface area contributed by atoms with Gasteiger partial charge in [-0.05, 0) is 68.2 Å². The van der Waals surface area contributed by atoms with Gasteiger partial charge in [0.25, 0.3) is 5.56 Å². The van der Waals surface area contributed by atoms with Crippen molar-refractivity contribution in [3.63, 3.8) is 0 Å². The van der Waals surface area contributed by atoms with Crippen molar-refractivity contribution in [2.45, 2.75) is 57.7 Å². The molecule has 36 heavy (non-hydrogen) atoms. The van der Waals surface area contributed by atoms with Crippen LogP contribution in [0.2, 0.25) is 0 Å². The van der Waals surface area contributed by atoms with E-state index in [1.165, 1.54) is 16.6 Å². The van der Waals surface area contributed by atoms with E-state index in [4.69, 9.17) is 4.98 Å². The molecule has 1 fully saturated rings. The highest BCUT2D eigenvalue weighted by molar-refractivity contribution is 7.99. The Bertz CT molecular complexity index is 1520. The molecule has 0 spiro atoms. The van der Waals surface area contributed by atoms with Crippen LogP contribution in [-0.4, -0.2) is 59.1 Å². The van der Waals surface area contributed by atoms with Gasteiger partial charge in [-0.1, -0.05) is 30.8 Å². The maximum atomic E-state index is 14.0. The lowest BCUT2D eigenvalue weighted by molar-refractivity contribution is -0.128. The molecule has 7 nitrogen and oxygen atoms in total. The number of rotatable bonds is 5. The molecule has 1 aromatic carbocycles. The number of aromatic nitrogens is 2. The Labute approximate surface area is 219 Å². The van der Waals surface area contributed by atoms with E-state index in [1.807, 2.05) is 32.0 Å². The molecule has 2 aliphatic rings. The van der Waals surface area contributed by atoms with Crippen molar-refractivity contribution in [3.05, 3.63) is 50.1 Å². The van der Waals surface area contributed by atoms with Gasteiger partial charge in [0.15, 0.2) is 15.0 Å². The molecule has 0 unspecified atom stereocenters. The summed E-state index contributed by atoms with van der Waals surface area (Å²) >= 11 is 2.85. The zero-order valence-corrected chi connectivity index (χ0v) is 23.5. The predicted molar refractivity (Wildman–Crippen MR) is 146 cm³/mol. The fourth-order valence-corrected chi connectivity index (χ4v) is 9.28. The number of carbonyl (C=O) groups excluding carboxylic acids is 1. The molecule has 3 heterocycles. The summed E-state index contributed by atoms with van der Waals surface area (Å²) < 4.78 is 25.4. The molecule has 0 N–H and O–H groups in total. The van der Waals surface area contributed by atoms with Gasteiger partial charge in [0.2, 0.25) is 5.91 Å². The second-order valence-corrected chi connectivity index (χ2v) is 14.5. The van der Waals surface area contributed by atoms with Crippen LogP contribution in [0.5, 0.6) is 0 Å². The lowest BCUT2D eigenvalue weighted by Gasteiger charge is -2.23. The summed E-state index contributed by atoms with van der Waals surface area (Å²) in [4.78, 5) is 35.5. The minimum absolute atomic E-state index is 0.0104. The molecule has 192 valence electrons. The number of amides is 1. The van der Waals surface area contributed by atoms with Crippen molar-refractivity contribution in [2.24, 2.45) is 5.92 Å². The number of hydrogen-bond acceptors (Lipinski definition) is 7. The summed E-state index contributed by atoms with van der Waals surface area (Å²) in [5.41, 5.74) is 3.84. The quantitative estimate of drug-likeness (QED) is 0.357. The summed E-state index contributed by atoms with van der Waals surface area (Å²) in [6.07, 6.45) is 3.39. The lowest BCUT2D eigenvalue weighted by atomic mass is 9.89. The van der Waals surface area contributed by atoms with E-state index in [-0.39, 0.29) is 34.8 Å².